The molecule has 2 rings (SSSR count). The van der Waals surface area contributed by atoms with Crippen LogP contribution in [0.4, 0.5) is 0 Å². The topological polar surface area (TPSA) is 77.4 Å². The first-order chi connectivity index (χ1) is 9.15. The number of nitrogens with zero attached hydrogens (tertiary/aromatic N) is 3. The van der Waals surface area contributed by atoms with Crippen molar-refractivity contribution in [3.05, 3.63) is 11.7 Å². The molecule has 0 bridgehead atoms. The molecule has 1 aliphatic rings. The van der Waals surface area contributed by atoms with Gasteiger partial charge in [0.2, 0.25) is 5.89 Å². The average Bonchev–Trinajstić information content (AvgIpc) is 3.03. The molecule has 3 unspecified atom stereocenters. The summed E-state index contributed by atoms with van der Waals surface area (Å²) < 4.78 is 10.9. The summed E-state index contributed by atoms with van der Waals surface area (Å²) in [4.78, 5) is 6.71. The van der Waals surface area contributed by atoms with Gasteiger partial charge in [-0.1, -0.05) is 19.0 Å². The van der Waals surface area contributed by atoms with E-state index in [9.17, 15) is 0 Å². The third-order valence-electron chi connectivity index (χ3n) is 3.83. The van der Waals surface area contributed by atoms with Crippen molar-refractivity contribution < 1.29 is 9.26 Å². The fraction of sp³-hybridized carbons (Fsp3) is 0.846. The van der Waals surface area contributed by atoms with E-state index in [1.54, 1.807) is 0 Å². The van der Waals surface area contributed by atoms with E-state index in [1.165, 1.54) is 0 Å². The van der Waals surface area contributed by atoms with Crippen LogP contribution in [0.15, 0.2) is 4.52 Å². The molecule has 6 nitrogen and oxygen atoms in total. The number of ether oxygens (including phenoxy) is 1. The summed E-state index contributed by atoms with van der Waals surface area (Å²) in [6.45, 7) is 9.74. The second kappa shape index (κ2) is 6.45. The van der Waals surface area contributed by atoms with E-state index in [1.807, 2.05) is 6.92 Å². The van der Waals surface area contributed by atoms with Crippen LogP contribution >= 0.6 is 0 Å². The summed E-state index contributed by atoms with van der Waals surface area (Å²) in [5, 5.41) is 4.02. The predicted octanol–water partition coefficient (Wildman–Crippen LogP) is 1.30. The van der Waals surface area contributed by atoms with Gasteiger partial charge in [-0.15, -0.1) is 0 Å². The monoisotopic (exact) mass is 268 g/mol. The first kappa shape index (κ1) is 14.4. The van der Waals surface area contributed by atoms with E-state index in [2.05, 4.69) is 28.9 Å². The Bertz CT molecular complexity index is 392. The largest absolute Gasteiger partial charge is 0.378 e. The van der Waals surface area contributed by atoms with Crippen molar-refractivity contribution in [3.8, 4) is 0 Å². The van der Waals surface area contributed by atoms with Gasteiger partial charge in [0.25, 0.3) is 0 Å². The summed E-state index contributed by atoms with van der Waals surface area (Å²) in [6.07, 6.45) is 1.08. The van der Waals surface area contributed by atoms with Gasteiger partial charge in [-0.25, -0.2) is 0 Å². The Kier molecular flexibility index (Phi) is 4.90. The minimum absolute atomic E-state index is 0.146. The van der Waals surface area contributed by atoms with E-state index in [0.29, 0.717) is 11.7 Å². The number of hydrogen-bond donors (Lipinski definition) is 1. The summed E-state index contributed by atoms with van der Waals surface area (Å²) >= 11 is 0. The molecule has 0 saturated carbocycles. The van der Waals surface area contributed by atoms with Crippen LogP contribution in [0.3, 0.4) is 0 Å². The predicted molar refractivity (Wildman–Crippen MR) is 71.8 cm³/mol. The molecule has 108 valence electrons. The zero-order chi connectivity index (χ0) is 13.8. The quantitative estimate of drug-likeness (QED) is 0.838. The Hall–Kier alpha value is -0.980. The highest BCUT2D eigenvalue weighted by Gasteiger charge is 2.31. The van der Waals surface area contributed by atoms with Gasteiger partial charge in [-0.05, 0) is 26.4 Å². The van der Waals surface area contributed by atoms with Crippen molar-refractivity contribution in [1.29, 1.82) is 0 Å². The fourth-order valence-electron chi connectivity index (χ4n) is 2.45. The highest BCUT2D eigenvalue weighted by molar-refractivity contribution is 5.01. The maximum Gasteiger partial charge on any atom is 0.232 e. The summed E-state index contributed by atoms with van der Waals surface area (Å²) in [6, 6.07) is -0.199. The minimum Gasteiger partial charge on any atom is -0.378 e. The molecule has 6 heteroatoms. The van der Waals surface area contributed by atoms with Gasteiger partial charge in [0, 0.05) is 13.2 Å². The molecule has 1 aromatic rings. The van der Waals surface area contributed by atoms with Gasteiger partial charge in [0.15, 0.2) is 5.82 Å². The second-order valence-electron chi connectivity index (χ2n) is 5.05. The Morgan fingerprint density at radius 2 is 2.16 bits per heavy atom. The van der Waals surface area contributed by atoms with Gasteiger partial charge in [0.05, 0.1) is 18.1 Å². The molecule has 1 fully saturated rings. The fourth-order valence-corrected chi connectivity index (χ4v) is 2.45. The highest BCUT2D eigenvalue weighted by atomic mass is 16.5. The first-order valence-electron chi connectivity index (χ1n) is 7.08. The van der Waals surface area contributed by atoms with Crippen LogP contribution < -0.4 is 5.73 Å². The molecule has 1 saturated heterocycles. The third-order valence-corrected chi connectivity index (χ3v) is 3.83. The normalized spacial score (nSPS) is 25.1. The zero-order valence-corrected chi connectivity index (χ0v) is 12.0. The standard InChI is InChI=1S/C13H24N4O2/c1-4-17(5-2)8-11(14)12-15-13(19-16-12)10-6-7-18-9(10)3/h9-11H,4-8,14H2,1-3H3. The molecule has 0 spiro atoms. The van der Waals surface area contributed by atoms with E-state index in [4.69, 9.17) is 15.0 Å². The zero-order valence-electron chi connectivity index (χ0n) is 12.0. The Morgan fingerprint density at radius 1 is 1.42 bits per heavy atom. The smallest absolute Gasteiger partial charge is 0.232 e. The van der Waals surface area contributed by atoms with Crippen LogP contribution in [0.5, 0.6) is 0 Å². The maximum absolute atomic E-state index is 6.14. The van der Waals surface area contributed by atoms with Crippen molar-refractivity contribution in [2.75, 3.05) is 26.2 Å². The first-order valence-corrected chi connectivity index (χ1v) is 7.08. The molecule has 0 aliphatic carbocycles. The van der Waals surface area contributed by atoms with Crippen molar-refractivity contribution in [2.24, 2.45) is 5.73 Å². The number of nitrogens with two attached hydrogens (primary N) is 1. The Morgan fingerprint density at radius 3 is 2.74 bits per heavy atom. The second-order valence-corrected chi connectivity index (χ2v) is 5.05. The summed E-state index contributed by atoms with van der Waals surface area (Å²) in [5.41, 5.74) is 6.14. The molecular weight excluding hydrogens is 244 g/mol. The lowest BCUT2D eigenvalue weighted by atomic mass is 10.0. The highest BCUT2D eigenvalue weighted by Crippen LogP contribution is 2.30. The minimum atomic E-state index is -0.199. The molecule has 1 aliphatic heterocycles. The molecule has 0 amide bonds. The van der Waals surface area contributed by atoms with Crippen molar-refractivity contribution >= 4 is 0 Å². The van der Waals surface area contributed by atoms with Crippen LogP contribution in [0.1, 0.15) is 50.9 Å². The Balaban J connectivity index is 2.00. The van der Waals surface area contributed by atoms with Gasteiger partial charge < -0.3 is 19.9 Å². The molecule has 2 heterocycles. The van der Waals surface area contributed by atoms with Crippen LogP contribution in [-0.2, 0) is 4.74 Å². The van der Waals surface area contributed by atoms with Crippen LogP contribution in [-0.4, -0.2) is 47.4 Å². The van der Waals surface area contributed by atoms with E-state index in [-0.39, 0.29) is 18.1 Å². The average molecular weight is 268 g/mol. The lowest BCUT2D eigenvalue weighted by Crippen LogP contribution is -2.32. The van der Waals surface area contributed by atoms with Gasteiger partial charge in [-0.2, -0.15) is 4.98 Å². The summed E-state index contributed by atoms with van der Waals surface area (Å²) in [7, 11) is 0. The van der Waals surface area contributed by atoms with Crippen LogP contribution in [0.25, 0.3) is 0 Å². The van der Waals surface area contributed by atoms with Gasteiger partial charge in [-0.3, -0.25) is 0 Å². The Labute approximate surface area is 114 Å². The van der Waals surface area contributed by atoms with E-state index >= 15 is 0 Å². The number of likely N-dealkylation sites (N-methyl/N-ethyl adjacent to an activating group) is 1. The van der Waals surface area contributed by atoms with Crippen LogP contribution in [0.2, 0.25) is 0 Å². The maximum atomic E-state index is 6.14. The number of rotatable bonds is 6. The molecule has 19 heavy (non-hydrogen) atoms. The van der Waals surface area contributed by atoms with Gasteiger partial charge in [0.1, 0.15) is 0 Å². The van der Waals surface area contributed by atoms with E-state index in [0.717, 1.165) is 32.7 Å². The molecule has 0 radical (unpaired) electrons. The molecule has 3 atom stereocenters. The van der Waals surface area contributed by atoms with Gasteiger partial charge >= 0.3 is 0 Å². The molecule has 0 aromatic carbocycles. The van der Waals surface area contributed by atoms with Crippen molar-refractivity contribution in [2.45, 2.75) is 45.3 Å². The summed E-state index contributed by atoms with van der Waals surface area (Å²) in [5.74, 6) is 1.47. The van der Waals surface area contributed by atoms with E-state index < -0.39 is 0 Å². The number of aromatic nitrogens is 2. The lowest BCUT2D eigenvalue weighted by Gasteiger charge is -2.20. The van der Waals surface area contributed by atoms with Crippen LogP contribution in [0, 0.1) is 0 Å². The number of hydrogen-bond acceptors (Lipinski definition) is 6. The molecular formula is C13H24N4O2. The SMILES string of the molecule is CCN(CC)CC(N)c1noc(C2CCOC2C)n1. The van der Waals surface area contributed by atoms with Crippen molar-refractivity contribution in [3.63, 3.8) is 0 Å². The molecule has 2 N–H and O–H groups in total. The van der Waals surface area contributed by atoms with Crippen molar-refractivity contribution in [1.82, 2.24) is 15.0 Å². The lowest BCUT2D eigenvalue weighted by molar-refractivity contribution is 0.113. The third kappa shape index (κ3) is 3.32. The molecule has 1 aromatic heterocycles.